The second kappa shape index (κ2) is 5.16. The molecule has 2 heterocycles. The summed E-state index contributed by atoms with van der Waals surface area (Å²) in [5.41, 5.74) is 0. The average Bonchev–Trinajstić information content (AvgIpc) is 2.67. The first-order chi connectivity index (χ1) is 7.33. The van der Waals surface area contributed by atoms with Crippen LogP contribution in [0.15, 0.2) is 17.0 Å². The molecule has 5 heteroatoms. The van der Waals surface area contributed by atoms with Crippen molar-refractivity contribution in [2.45, 2.75) is 18.9 Å². The molecule has 0 aromatic carbocycles. The summed E-state index contributed by atoms with van der Waals surface area (Å²) in [7, 11) is 0. The Balaban J connectivity index is 2.19. The number of thioether (sulfide) groups is 1. The van der Waals surface area contributed by atoms with Crippen LogP contribution in [-0.2, 0) is 0 Å². The molecule has 0 saturated carbocycles. The average molecular weight is 288 g/mol. The van der Waals surface area contributed by atoms with Crippen molar-refractivity contribution >= 4 is 33.5 Å². The maximum absolute atomic E-state index is 4.35. The maximum atomic E-state index is 4.35. The van der Waals surface area contributed by atoms with Crippen LogP contribution < -0.4 is 4.90 Å². The fourth-order valence-electron chi connectivity index (χ4n) is 2.00. The van der Waals surface area contributed by atoms with Crippen LogP contribution in [0.3, 0.4) is 0 Å². The molecule has 3 nitrogen and oxygen atoms in total. The van der Waals surface area contributed by atoms with E-state index >= 15 is 0 Å². The maximum Gasteiger partial charge on any atom is 0.146 e. The molecular formula is C10H14BrN3S. The van der Waals surface area contributed by atoms with Crippen LogP contribution in [0.4, 0.5) is 5.82 Å². The van der Waals surface area contributed by atoms with Crippen LogP contribution in [-0.4, -0.2) is 34.6 Å². The fourth-order valence-corrected chi connectivity index (χ4v) is 3.18. The van der Waals surface area contributed by atoms with E-state index in [0.29, 0.717) is 6.04 Å². The Kier molecular flexibility index (Phi) is 3.86. The highest BCUT2D eigenvalue weighted by Crippen LogP contribution is 2.30. The Morgan fingerprint density at radius 3 is 3.27 bits per heavy atom. The molecule has 0 spiro atoms. The summed E-state index contributed by atoms with van der Waals surface area (Å²) in [5.74, 6) is 2.22. The minimum atomic E-state index is 0.631. The van der Waals surface area contributed by atoms with E-state index in [1.807, 2.05) is 18.0 Å². The number of halogens is 1. The Morgan fingerprint density at radius 2 is 2.53 bits per heavy atom. The molecule has 2 rings (SSSR count). The van der Waals surface area contributed by atoms with Gasteiger partial charge < -0.3 is 4.90 Å². The highest BCUT2D eigenvalue weighted by molar-refractivity contribution is 9.10. The summed E-state index contributed by atoms with van der Waals surface area (Å²) in [6, 6.07) is 0.631. The lowest BCUT2D eigenvalue weighted by Gasteiger charge is -2.25. The molecule has 0 amide bonds. The van der Waals surface area contributed by atoms with Gasteiger partial charge in [0.25, 0.3) is 0 Å². The highest BCUT2D eigenvalue weighted by Gasteiger charge is 2.26. The van der Waals surface area contributed by atoms with Gasteiger partial charge in [-0.1, -0.05) is 0 Å². The third kappa shape index (κ3) is 2.45. The quantitative estimate of drug-likeness (QED) is 0.855. The molecule has 0 bridgehead atoms. The van der Waals surface area contributed by atoms with Crippen LogP contribution in [0.25, 0.3) is 0 Å². The van der Waals surface area contributed by atoms with Crippen LogP contribution in [0, 0.1) is 0 Å². The van der Waals surface area contributed by atoms with E-state index < -0.39 is 0 Å². The zero-order valence-corrected chi connectivity index (χ0v) is 11.1. The minimum absolute atomic E-state index is 0.631. The van der Waals surface area contributed by atoms with Crippen molar-refractivity contribution in [1.82, 2.24) is 9.97 Å². The topological polar surface area (TPSA) is 29.0 Å². The molecule has 0 N–H and O–H groups in total. The second-order valence-corrected chi connectivity index (χ2v) is 5.40. The van der Waals surface area contributed by atoms with Crippen LogP contribution in [0.2, 0.25) is 0 Å². The van der Waals surface area contributed by atoms with E-state index in [1.165, 1.54) is 18.6 Å². The zero-order chi connectivity index (χ0) is 10.7. The van der Waals surface area contributed by atoms with Crippen molar-refractivity contribution in [2.24, 2.45) is 0 Å². The van der Waals surface area contributed by atoms with E-state index in [9.17, 15) is 0 Å². The van der Waals surface area contributed by atoms with Crippen molar-refractivity contribution in [1.29, 1.82) is 0 Å². The van der Waals surface area contributed by atoms with Gasteiger partial charge in [-0.05, 0) is 35.0 Å². The molecule has 1 aromatic rings. The van der Waals surface area contributed by atoms with Crippen molar-refractivity contribution in [2.75, 3.05) is 23.5 Å². The van der Waals surface area contributed by atoms with Crippen LogP contribution in [0.1, 0.15) is 12.8 Å². The molecule has 15 heavy (non-hydrogen) atoms. The number of hydrogen-bond donors (Lipinski definition) is 0. The van der Waals surface area contributed by atoms with E-state index in [2.05, 4.69) is 37.1 Å². The number of hydrogen-bond acceptors (Lipinski definition) is 4. The van der Waals surface area contributed by atoms with Gasteiger partial charge in [0.05, 0.1) is 4.47 Å². The first-order valence-corrected chi connectivity index (χ1v) is 7.22. The molecule has 0 aliphatic carbocycles. The van der Waals surface area contributed by atoms with Gasteiger partial charge in [-0.15, -0.1) is 0 Å². The molecule has 1 aliphatic rings. The number of anilines is 1. The van der Waals surface area contributed by atoms with Gasteiger partial charge in [-0.2, -0.15) is 11.8 Å². The van der Waals surface area contributed by atoms with Gasteiger partial charge in [-0.25, -0.2) is 9.97 Å². The summed E-state index contributed by atoms with van der Waals surface area (Å²) in [4.78, 5) is 10.7. The van der Waals surface area contributed by atoms with Gasteiger partial charge in [0.1, 0.15) is 12.1 Å². The predicted molar refractivity (Wildman–Crippen MR) is 68.5 cm³/mol. The third-order valence-corrected chi connectivity index (χ3v) is 3.93. The fraction of sp³-hybridized carbons (Fsp3) is 0.600. The minimum Gasteiger partial charge on any atom is -0.352 e. The van der Waals surface area contributed by atoms with Gasteiger partial charge >= 0.3 is 0 Å². The number of aromatic nitrogens is 2. The lowest BCUT2D eigenvalue weighted by Crippen LogP contribution is -2.32. The Labute approximate surface area is 103 Å². The predicted octanol–water partition coefficient (Wildman–Crippen LogP) is 2.57. The first kappa shape index (κ1) is 11.2. The standard InChI is InChI=1S/C10H14BrN3S/c1-15-6-8-3-2-4-14(8)10-9(11)5-12-7-13-10/h5,7-8H,2-4,6H2,1H3. The molecular weight excluding hydrogens is 274 g/mol. The lowest BCUT2D eigenvalue weighted by molar-refractivity contribution is 0.735. The lowest BCUT2D eigenvalue weighted by atomic mass is 10.2. The SMILES string of the molecule is CSCC1CCCN1c1ncncc1Br. The van der Waals surface area contributed by atoms with E-state index in [1.54, 1.807) is 6.33 Å². The second-order valence-electron chi connectivity index (χ2n) is 3.64. The highest BCUT2D eigenvalue weighted by atomic mass is 79.9. The molecule has 82 valence electrons. The van der Waals surface area contributed by atoms with Gasteiger partial charge in [-0.3, -0.25) is 0 Å². The molecule has 1 atom stereocenters. The Hall–Kier alpha value is -0.290. The van der Waals surface area contributed by atoms with Crippen molar-refractivity contribution < 1.29 is 0 Å². The van der Waals surface area contributed by atoms with Gasteiger partial charge in [0.2, 0.25) is 0 Å². The Bertz CT molecular complexity index is 334. The molecule has 1 aliphatic heterocycles. The Morgan fingerprint density at radius 1 is 1.67 bits per heavy atom. The summed E-state index contributed by atoms with van der Waals surface area (Å²) in [6.07, 6.45) is 8.13. The van der Waals surface area contributed by atoms with Gasteiger partial charge in [0, 0.05) is 24.5 Å². The number of rotatable bonds is 3. The largest absolute Gasteiger partial charge is 0.352 e. The van der Waals surface area contributed by atoms with Crippen LogP contribution in [0.5, 0.6) is 0 Å². The normalized spacial score (nSPS) is 20.9. The smallest absolute Gasteiger partial charge is 0.146 e. The third-order valence-electron chi connectivity index (χ3n) is 2.66. The van der Waals surface area contributed by atoms with E-state index in [0.717, 1.165) is 16.8 Å². The first-order valence-electron chi connectivity index (χ1n) is 5.04. The van der Waals surface area contributed by atoms with Crippen LogP contribution >= 0.6 is 27.7 Å². The van der Waals surface area contributed by atoms with E-state index in [-0.39, 0.29) is 0 Å². The molecule has 1 aromatic heterocycles. The van der Waals surface area contributed by atoms with E-state index in [4.69, 9.17) is 0 Å². The molecule has 1 unspecified atom stereocenters. The van der Waals surface area contributed by atoms with Gasteiger partial charge in [0.15, 0.2) is 0 Å². The monoisotopic (exact) mass is 287 g/mol. The van der Waals surface area contributed by atoms with Crippen molar-refractivity contribution in [3.05, 3.63) is 17.0 Å². The summed E-state index contributed by atoms with van der Waals surface area (Å²) >= 11 is 5.41. The summed E-state index contributed by atoms with van der Waals surface area (Å²) < 4.78 is 0.998. The van der Waals surface area contributed by atoms with Crippen molar-refractivity contribution in [3.8, 4) is 0 Å². The van der Waals surface area contributed by atoms with Crippen molar-refractivity contribution in [3.63, 3.8) is 0 Å². The summed E-state index contributed by atoms with van der Waals surface area (Å²) in [5, 5.41) is 0. The molecule has 0 radical (unpaired) electrons. The molecule has 1 fully saturated rings. The zero-order valence-electron chi connectivity index (χ0n) is 8.69. The molecule has 1 saturated heterocycles. The summed E-state index contributed by atoms with van der Waals surface area (Å²) in [6.45, 7) is 1.11. The number of nitrogens with zero attached hydrogens (tertiary/aromatic N) is 3.